The SMILES string of the molecule is CCc1ccc(C(=N)N(CCC(F)(F)F)C(=O)NC/C(N)=C2\CCC(C(=O)O)CC2=Nc2cccc(Cl)c2)cc1. The standard InChI is InChI=1S/C28H31ClF3N5O3/c1-2-17-6-8-18(9-7-17)25(34)37(13-12-28(30,31)32)27(40)35-16-23(33)22-11-10-19(26(38)39)14-24(22)36-21-5-3-4-20(29)15-21/h3-9,15,19,34H,2,10-14,16,33H2,1H3,(H,35,40)(H,38,39)/b23-22-,34-25?,36-24?. The highest BCUT2D eigenvalue weighted by Gasteiger charge is 2.32. The maximum Gasteiger partial charge on any atom is 0.390 e. The van der Waals surface area contributed by atoms with E-state index in [1.165, 1.54) is 0 Å². The van der Waals surface area contributed by atoms with Crippen molar-refractivity contribution in [1.29, 1.82) is 5.41 Å². The molecule has 2 aromatic rings. The lowest BCUT2D eigenvalue weighted by Crippen LogP contribution is -2.46. The van der Waals surface area contributed by atoms with Crippen molar-refractivity contribution in [3.05, 3.63) is 76.0 Å². The number of allylic oxidation sites excluding steroid dienone is 1. The zero-order valence-corrected chi connectivity index (χ0v) is 22.6. The number of amides is 2. The van der Waals surface area contributed by atoms with E-state index in [1.54, 1.807) is 48.5 Å². The van der Waals surface area contributed by atoms with E-state index in [1.807, 2.05) is 6.92 Å². The molecule has 1 saturated carbocycles. The molecule has 1 fully saturated rings. The molecule has 8 nitrogen and oxygen atoms in total. The summed E-state index contributed by atoms with van der Waals surface area (Å²) in [5.74, 6) is -2.00. The molecule has 0 radical (unpaired) electrons. The third-order valence-electron chi connectivity index (χ3n) is 6.54. The first-order valence-corrected chi connectivity index (χ1v) is 13.1. The monoisotopic (exact) mass is 577 g/mol. The predicted molar refractivity (Wildman–Crippen MR) is 148 cm³/mol. The molecular weight excluding hydrogens is 547 g/mol. The second kappa shape index (κ2) is 13.5. The first-order chi connectivity index (χ1) is 18.9. The molecule has 1 aliphatic carbocycles. The number of aliphatic imine (C=N–C) groups is 1. The first kappa shape index (κ1) is 30.7. The minimum absolute atomic E-state index is 0.113. The van der Waals surface area contributed by atoms with Gasteiger partial charge >= 0.3 is 18.2 Å². The number of carbonyl (C=O) groups is 2. The fraction of sp³-hybridized carbons (Fsp3) is 0.357. The fourth-order valence-electron chi connectivity index (χ4n) is 4.27. The van der Waals surface area contributed by atoms with Gasteiger partial charge in [-0.15, -0.1) is 0 Å². The maximum absolute atomic E-state index is 13.0. The molecule has 1 unspecified atom stereocenters. The Balaban J connectivity index is 1.83. The molecule has 2 aromatic carbocycles. The van der Waals surface area contributed by atoms with Crippen LogP contribution in [0.4, 0.5) is 23.7 Å². The highest BCUT2D eigenvalue weighted by molar-refractivity contribution is 6.30. The van der Waals surface area contributed by atoms with Crippen molar-refractivity contribution < 1.29 is 27.9 Å². The Morgan fingerprint density at radius 3 is 2.52 bits per heavy atom. The number of carbonyl (C=O) groups excluding carboxylic acids is 1. The number of carboxylic acids is 1. The van der Waals surface area contributed by atoms with Crippen LogP contribution >= 0.6 is 11.6 Å². The van der Waals surface area contributed by atoms with Gasteiger partial charge in [-0.25, -0.2) is 4.79 Å². The van der Waals surface area contributed by atoms with Gasteiger partial charge in [0, 0.05) is 35.0 Å². The van der Waals surface area contributed by atoms with Gasteiger partial charge in [0.05, 0.1) is 24.6 Å². The maximum atomic E-state index is 13.0. The van der Waals surface area contributed by atoms with Crippen LogP contribution < -0.4 is 11.1 Å². The number of hydrogen-bond acceptors (Lipinski definition) is 5. The van der Waals surface area contributed by atoms with Crippen LogP contribution in [0.3, 0.4) is 0 Å². The van der Waals surface area contributed by atoms with Gasteiger partial charge in [-0.1, -0.05) is 48.9 Å². The van der Waals surface area contributed by atoms with Crippen LogP contribution in [0.15, 0.2) is 64.8 Å². The van der Waals surface area contributed by atoms with E-state index in [2.05, 4.69) is 10.3 Å². The lowest BCUT2D eigenvalue weighted by molar-refractivity contribution is -0.141. The molecule has 1 aliphatic rings. The number of benzene rings is 2. The molecule has 1 atom stereocenters. The molecular formula is C28H31ClF3N5O3. The van der Waals surface area contributed by atoms with Gasteiger partial charge in [0.2, 0.25) is 0 Å². The normalized spacial score (nSPS) is 17.8. The Morgan fingerprint density at radius 1 is 1.23 bits per heavy atom. The molecule has 214 valence electrons. The highest BCUT2D eigenvalue weighted by Crippen LogP contribution is 2.30. The van der Waals surface area contributed by atoms with Gasteiger partial charge < -0.3 is 16.2 Å². The summed E-state index contributed by atoms with van der Waals surface area (Å²) in [4.78, 5) is 30.0. The average molecular weight is 578 g/mol. The summed E-state index contributed by atoms with van der Waals surface area (Å²) in [7, 11) is 0. The molecule has 40 heavy (non-hydrogen) atoms. The minimum atomic E-state index is -4.53. The lowest BCUT2D eigenvalue weighted by Gasteiger charge is -2.26. The van der Waals surface area contributed by atoms with Crippen LogP contribution in [-0.2, 0) is 11.2 Å². The van der Waals surface area contributed by atoms with Gasteiger partial charge in [-0.2, -0.15) is 13.2 Å². The molecule has 0 saturated heterocycles. The number of aryl methyl sites for hydroxylation is 1. The molecule has 0 aromatic heterocycles. The van der Waals surface area contributed by atoms with E-state index >= 15 is 0 Å². The summed E-state index contributed by atoms with van der Waals surface area (Å²) in [5, 5.41) is 20.9. The van der Waals surface area contributed by atoms with Gasteiger partial charge in [0.1, 0.15) is 5.84 Å². The Morgan fingerprint density at radius 2 is 1.93 bits per heavy atom. The Kier molecular flexibility index (Phi) is 10.3. The third kappa shape index (κ3) is 8.57. The largest absolute Gasteiger partial charge is 0.481 e. The number of aliphatic carboxylic acids is 1. The number of amidine groups is 1. The van der Waals surface area contributed by atoms with Crippen molar-refractivity contribution in [2.75, 3.05) is 13.1 Å². The molecule has 0 heterocycles. The predicted octanol–water partition coefficient (Wildman–Crippen LogP) is 6.06. The van der Waals surface area contributed by atoms with Crippen LogP contribution in [0.2, 0.25) is 5.02 Å². The minimum Gasteiger partial charge on any atom is -0.481 e. The lowest BCUT2D eigenvalue weighted by atomic mass is 9.83. The average Bonchev–Trinajstić information content (AvgIpc) is 2.91. The molecule has 5 N–H and O–H groups in total. The summed E-state index contributed by atoms with van der Waals surface area (Å²) < 4.78 is 39.1. The molecule has 0 spiro atoms. The molecule has 3 rings (SSSR count). The van der Waals surface area contributed by atoms with E-state index in [0.29, 0.717) is 34.0 Å². The Labute approximate surface area is 235 Å². The van der Waals surface area contributed by atoms with E-state index < -0.39 is 37.1 Å². The van der Waals surface area contributed by atoms with Crippen LogP contribution in [0, 0.1) is 11.3 Å². The third-order valence-corrected chi connectivity index (χ3v) is 6.77. The zero-order valence-electron chi connectivity index (χ0n) is 21.9. The number of carboxylic acid groups (broad SMARTS) is 1. The van der Waals surface area contributed by atoms with Crippen molar-refractivity contribution in [3.63, 3.8) is 0 Å². The van der Waals surface area contributed by atoms with Crippen molar-refractivity contribution in [1.82, 2.24) is 10.2 Å². The van der Waals surface area contributed by atoms with Gasteiger partial charge in [0.25, 0.3) is 0 Å². The van der Waals surface area contributed by atoms with E-state index in [4.69, 9.17) is 22.7 Å². The zero-order chi connectivity index (χ0) is 29.4. The number of nitrogens with zero attached hydrogens (tertiary/aromatic N) is 2. The number of urea groups is 1. The van der Waals surface area contributed by atoms with Crippen molar-refractivity contribution in [2.24, 2.45) is 16.6 Å². The number of nitrogens with two attached hydrogens (primary N) is 1. The Bertz CT molecular complexity index is 1310. The number of rotatable bonds is 8. The Hall–Kier alpha value is -3.86. The number of hydrogen-bond donors (Lipinski definition) is 4. The van der Waals surface area contributed by atoms with Crippen LogP contribution in [0.1, 0.15) is 43.7 Å². The summed E-state index contributed by atoms with van der Waals surface area (Å²) in [6.45, 7) is 0.967. The van der Waals surface area contributed by atoms with Crippen molar-refractivity contribution in [3.8, 4) is 0 Å². The fourth-order valence-corrected chi connectivity index (χ4v) is 4.46. The topological polar surface area (TPSA) is 132 Å². The van der Waals surface area contributed by atoms with Crippen LogP contribution in [-0.4, -0.2) is 52.8 Å². The summed E-state index contributed by atoms with van der Waals surface area (Å²) in [5.41, 5.74) is 9.29. The van der Waals surface area contributed by atoms with Crippen LogP contribution in [0.5, 0.6) is 0 Å². The molecule has 12 heteroatoms. The molecule has 0 aliphatic heterocycles. The van der Waals surface area contributed by atoms with E-state index in [9.17, 15) is 27.9 Å². The summed E-state index contributed by atoms with van der Waals surface area (Å²) in [6.07, 6.45) is -4.36. The highest BCUT2D eigenvalue weighted by atomic mass is 35.5. The second-order valence-corrected chi connectivity index (χ2v) is 9.83. The summed E-state index contributed by atoms with van der Waals surface area (Å²) >= 11 is 6.05. The second-order valence-electron chi connectivity index (χ2n) is 9.39. The van der Waals surface area contributed by atoms with Crippen LogP contribution in [0.25, 0.3) is 0 Å². The van der Waals surface area contributed by atoms with Gasteiger partial charge in [-0.05, 0) is 48.6 Å². The van der Waals surface area contributed by atoms with Crippen molar-refractivity contribution in [2.45, 2.75) is 45.2 Å². The smallest absolute Gasteiger partial charge is 0.390 e. The van der Waals surface area contributed by atoms with Gasteiger partial charge in [-0.3, -0.25) is 20.1 Å². The van der Waals surface area contributed by atoms with E-state index in [-0.39, 0.29) is 30.9 Å². The quantitative estimate of drug-likeness (QED) is 0.224. The number of nitrogens with one attached hydrogen (secondary N) is 2. The summed E-state index contributed by atoms with van der Waals surface area (Å²) in [6, 6.07) is 12.5. The number of alkyl halides is 3. The van der Waals surface area contributed by atoms with Crippen molar-refractivity contribution >= 4 is 40.8 Å². The molecule has 0 bridgehead atoms. The van der Waals surface area contributed by atoms with Gasteiger partial charge in [0.15, 0.2) is 0 Å². The first-order valence-electron chi connectivity index (χ1n) is 12.7. The van der Waals surface area contributed by atoms with E-state index in [0.717, 1.165) is 16.9 Å². The molecule has 2 amide bonds. The number of halogens is 4.